The van der Waals surface area contributed by atoms with Crippen molar-refractivity contribution in [3.63, 3.8) is 0 Å². The molecule has 0 radical (unpaired) electrons. The van der Waals surface area contributed by atoms with Gasteiger partial charge in [0.1, 0.15) is 5.75 Å². The van der Waals surface area contributed by atoms with Crippen molar-refractivity contribution in [2.45, 2.75) is 0 Å². The smallest absolute Gasteiger partial charge is 0.323 e. The lowest BCUT2D eigenvalue weighted by molar-refractivity contribution is 0.102. The summed E-state index contributed by atoms with van der Waals surface area (Å²) >= 11 is 3.25. The van der Waals surface area contributed by atoms with E-state index in [0.717, 1.165) is 0 Å². The van der Waals surface area contributed by atoms with E-state index >= 15 is 0 Å². The van der Waals surface area contributed by atoms with Crippen molar-refractivity contribution in [1.29, 1.82) is 0 Å². The highest BCUT2D eigenvalue weighted by molar-refractivity contribution is 9.10. The van der Waals surface area contributed by atoms with Gasteiger partial charge in [-0.15, -0.1) is 0 Å². The largest absolute Gasteiger partial charge is 0.507 e. The Morgan fingerprint density at radius 3 is 2.67 bits per heavy atom. The Bertz CT molecular complexity index is 898. The average Bonchev–Trinajstić information content (AvgIpc) is 2.80. The van der Waals surface area contributed by atoms with Gasteiger partial charge >= 0.3 is 5.69 Å². The number of rotatable bonds is 2. The van der Waals surface area contributed by atoms with Gasteiger partial charge in [-0.2, -0.15) is 0 Å². The molecule has 3 rings (SSSR count). The van der Waals surface area contributed by atoms with Gasteiger partial charge in [-0.1, -0.05) is 15.9 Å². The molecule has 0 aliphatic carbocycles. The quantitative estimate of drug-likeness (QED) is 0.573. The fourth-order valence-corrected chi connectivity index (χ4v) is 2.36. The molecule has 3 aromatic rings. The number of halogens is 1. The fraction of sp³-hybridized carbons (Fsp3) is 0. The number of phenols is 1. The van der Waals surface area contributed by atoms with Crippen LogP contribution in [-0.4, -0.2) is 21.0 Å². The van der Waals surface area contributed by atoms with Crippen LogP contribution in [0.1, 0.15) is 10.4 Å². The number of benzene rings is 2. The van der Waals surface area contributed by atoms with E-state index < -0.39 is 5.91 Å². The van der Waals surface area contributed by atoms with Gasteiger partial charge in [-0.05, 0) is 36.4 Å². The molecule has 2 aromatic carbocycles. The molecule has 0 atom stereocenters. The summed E-state index contributed by atoms with van der Waals surface area (Å²) in [7, 11) is 0. The average molecular weight is 348 g/mol. The number of aromatic nitrogens is 2. The predicted octanol–water partition coefficient (Wildman–Crippen LogP) is 2.58. The molecule has 7 heteroatoms. The van der Waals surface area contributed by atoms with Crippen molar-refractivity contribution in [2.75, 3.05) is 5.32 Å². The molecule has 1 aromatic heterocycles. The van der Waals surface area contributed by atoms with E-state index in [4.69, 9.17) is 0 Å². The van der Waals surface area contributed by atoms with Gasteiger partial charge in [0.25, 0.3) is 5.91 Å². The van der Waals surface area contributed by atoms with E-state index in [2.05, 4.69) is 31.2 Å². The zero-order valence-electron chi connectivity index (χ0n) is 10.6. The van der Waals surface area contributed by atoms with E-state index in [1.807, 2.05) is 0 Å². The monoisotopic (exact) mass is 347 g/mol. The van der Waals surface area contributed by atoms with Crippen LogP contribution in [0.4, 0.5) is 5.69 Å². The van der Waals surface area contributed by atoms with Crippen molar-refractivity contribution in [3.8, 4) is 5.75 Å². The first-order chi connectivity index (χ1) is 10.0. The maximum absolute atomic E-state index is 12.2. The lowest BCUT2D eigenvalue weighted by Crippen LogP contribution is -2.12. The highest BCUT2D eigenvalue weighted by Crippen LogP contribution is 2.23. The predicted molar refractivity (Wildman–Crippen MR) is 82.7 cm³/mol. The maximum atomic E-state index is 12.2. The lowest BCUT2D eigenvalue weighted by Gasteiger charge is -2.07. The molecule has 21 heavy (non-hydrogen) atoms. The zero-order chi connectivity index (χ0) is 15.0. The summed E-state index contributed by atoms with van der Waals surface area (Å²) in [6, 6.07) is 9.60. The van der Waals surface area contributed by atoms with Crippen molar-refractivity contribution >= 4 is 38.6 Å². The Morgan fingerprint density at radius 2 is 1.86 bits per heavy atom. The first-order valence-corrected chi connectivity index (χ1v) is 6.84. The first-order valence-electron chi connectivity index (χ1n) is 6.05. The van der Waals surface area contributed by atoms with E-state index in [-0.39, 0.29) is 17.0 Å². The Labute approximate surface area is 126 Å². The molecule has 6 nitrogen and oxygen atoms in total. The number of amides is 1. The zero-order valence-corrected chi connectivity index (χ0v) is 12.2. The van der Waals surface area contributed by atoms with Crippen LogP contribution in [0.5, 0.6) is 5.75 Å². The summed E-state index contributed by atoms with van der Waals surface area (Å²) in [6.07, 6.45) is 0. The van der Waals surface area contributed by atoms with Crippen LogP contribution in [0.15, 0.2) is 45.7 Å². The molecule has 0 unspecified atom stereocenters. The van der Waals surface area contributed by atoms with E-state index in [9.17, 15) is 14.7 Å². The molecule has 0 spiro atoms. The number of fused-ring (bicyclic) bond motifs is 1. The maximum Gasteiger partial charge on any atom is 0.323 e. The topological polar surface area (TPSA) is 98.0 Å². The summed E-state index contributed by atoms with van der Waals surface area (Å²) in [5.74, 6) is -0.544. The molecule has 0 saturated heterocycles. The Kier molecular flexibility index (Phi) is 3.26. The molecule has 106 valence electrons. The van der Waals surface area contributed by atoms with Crippen molar-refractivity contribution in [1.82, 2.24) is 9.97 Å². The molecular formula is C14H10BrN3O3. The summed E-state index contributed by atoms with van der Waals surface area (Å²) in [4.78, 5) is 28.6. The minimum Gasteiger partial charge on any atom is -0.507 e. The number of hydrogen-bond acceptors (Lipinski definition) is 3. The summed E-state index contributed by atoms with van der Waals surface area (Å²) in [5, 5.41) is 12.4. The molecule has 0 saturated carbocycles. The third kappa shape index (κ3) is 2.68. The fourth-order valence-electron chi connectivity index (χ4n) is 2.00. The third-order valence-electron chi connectivity index (χ3n) is 2.98. The van der Waals surface area contributed by atoms with Crippen molar-refractivity contribution in [2.24, 2.45) is 0 Å². The summed E-state index contributed by atoms with van der Waals surface area (Å²) in [6.45, 7) is 0. The van der Waals surface area contributed by atoms with Crippen LogP contribution in [-0.2, 0) is 0 Å². The first kappa shape index (κ1) is 13.4. The van der Waals surface area contributed by atoms with Crippen LogP contribution >= 0.6 is 15.9 Å². The van der Waals surface area contributed by atoms with Crippen LogP contribution in [0.3, 0.4) is 0 Å². The summed E-state index contributed by atoms with van der Waals surface area (Å²) in [5.41, 5.74) is 1.62. The molecule has 4 N–H and O–H groups in total. The van der Waals surface area contributed by atoms with Crippen LogP contribution in [0, 0.1) is 0 Å². The molecule has 0 aliphatic heterocycles. The van der Waals surface area contributed by atoms with Gasteiger partial charge in [-0.25, -0.2) is 4.79 Å². The van der Waals surface area contributed by atoms with Gasteiger partial charge in [0.05, 0.1) is 16.6 Å². The third-order valence-corrected chi connectivity index (χ3v) is 3.47. The Hall–Kier alpha value is -2.54. The summed E-state index contributed by atoms with van der Waals surface area (Å²) < 4.78 is 0.691. The van der Waals surface area contributed by atoms with Crippen molar-refractivity contribution in [3.05, 3.63) is 56.9 Å². The number of carbonyl (C=O) groups is 1. The number of anilines is 1. The van der Waals surface area contributed by atoms with Gasteiger partial charge in [-0.3, -0.25) is 4.79 Å². The lowest BCUT2D eigenvalue weighted by atomic mass is 10.2. The van der Waals surface area contributed by atoms with Crippen molar-refractivity contribution < 1.29 is 9.90 Å². The van der Waals surface area contributed by atoms with E-state index in [1.165, 1.54) is 12.1 Å². The highest BCUT2D eigenvalue weighted by atomic mass is 79.9. The standard InChI is InChI=1S/C14H10BrN3O3/c15-7-1-4-12(19)9(5-7)13(20)16-8-2-3-10-11(6-8)18-14(21)17-10/h1-6,19H,(H,16,20)(H2,17,18,21). The number of phenolic OH excluding ortho intramolecular Hbond substituents is 1. The second-order valence-corrected chi connectivity index (χ2v) is 5.37. The molecular weight excluding hydrogens is 338 g/mol. The Morgan fingerprint density at radius 1 is 1.10 bits per heavy atom. The number of nitrogens with one attached hydrogen (secondary N) is 3. The minimum atomic E-state index is -0.439. The second kappa shape index (κ2) is 5.10. The van der Waals surface area contributed by atoms with E-state index in [0.29, 0.717) is 21.2 Å². The van der Waals surface area contributed by atoms with Gasteiger partial charge < -0.3 is 20.4 Å². The number of H-pyrrole nitrogens is 2. The molecule has 1 amide bonds. The number of carbonyl (C=O) groups excluding carboxylic acids is 1. The Balaban J connectivity index is 1.92. The highest BCUT2D eigenvalue weighted by Gasteiger charge is 2.12. The van der Waals surface area contributed by atoms with Gasteiger partial charge in [0, 0.05) is 10.2 Å². The SMILES string of the molecule is O=C(Nc1ccc2[nH]c(=O)[nH]c2c1)c1cc(Br)ccc1O. The number of imidazole rings is 1. The van der Waals surface area contributed by atoms with Crippen LogP contribution in [0.2, 0.25) is 0 Å². The number of hydrogen-bond donors (Lipinski definition) is 4. The second-order valence-electron chi connectivity index (χ2n) is 4.46. The molecule has 0 fully saturated rings. The molecule has 0 aliphatic rings. The van der Waals surface area contributed by atoms with Gasteiger partial charge in [0.15, 0.2) is 0 Å². The normalized spacial score (nSPS) is 10.7. The molecule has 0 bridgehead atoms. The van der Waals surface area contributed by atoms with Crippen LogP contribution in [0.25, 0.3) is 11.0 Å². The van der Waals surface area contributed by atoms with Crippen LogP contribution < -0.4 is 11.0 Å². The number of aromatic amines is 2. The molecule has 1 heterocycles. The van der Waals surface area contributed by atoms with E-state index in [1.54, 1.807) is 24.3 Å². The van der Waals surface area contributed by atoms with Gasteiger partial charge in [0.2, 0.25) is 0 Å². The minimum absolute atomic E-state index is 0.105. The number of aromatic hydroxyl groups is 1.